The molecule has 1 saturated carbocycles. The predicted molar refractivity (Wildman–Crippen MR) is 70.1 cm³/mol. The molecule has 0 spiro atoms. The molecule has 2 heteroatoms. The second-order valence-electron chi connectivity index (χ2n) is 5.46. The van der Waals surface area contributed by atoms with Crippen LogP contribution < -0.4 is 5.32 Å². The lowest BCUT2D eigenvalue weighted by Gasteiger charge is -2.17. The molecule has 1 aliphatic carbocycles. The van der Waals surface area contributed by atoms with Crippen molar-refractivity contribution in [3.63, 3.8) is 0 Å². The summed E-state index contributed by atoms with van der Waals surface area (Å²) in [6.07, 6.45) is 7.51. The fraction of sp³-hybridized carbons (Fsp3) is 0.467. The van der Waals surface area contributed by atoms with E-state index in [2.05, 4.69) is 34.3 Å². The number of rotatable bonds is 3. The molecule has 1 aliphatic heterocycles. The third-order valence-electron chi connectivity index (χ3n) is 4.02. The van der Waals surface area contributed by atoms with Gasteiger partial charge >= 0.3 is 0 Å². The highest BCUT2D eigenvalue weighted by Crippen LogP contribution is 2.28. The van der Waals surface area contributed by atoms with Crippen LogP contribution in [0, 0.1) is 0 Å². The quantitative estimate of drug-likeness (QED) is 0.851. The van der Waals surface area contributed by atoms with Crippen molar-refractivity contribution in [2.75, 3.05) is 0 Å². The first kappa shape index (κ1) is 9.72. The number of nitrogens with zero attached hydrogens (tertiary/aromatic N) is 1. The van der Waals surface area contributed by atoms with E-state index in [1.807, 2.05) is 0 Å². The molecule has 17 heavy (non-hydrogen) atoms. The van der Waals surface area contributed by atoms with Crippen molar-refractivity contribution >= 4 is 10.9 Å². The van der Waals surface area contributed by atoms with Gasteiger partial charge in [-0.25, -0.2) is 0 Å². The largest absolute Gasteiger partial charge is 0.347 e. The number of hydrogen-bond donors (Lipinski definition) is 1. The lowest BCUT2D eigenvalue weighted by molar-refractivity contribution is 0.634. The van der Waals surface area contributed by atoms with Crippen molar-refractivity contribution in [3.05, 3.63) is 35.5 Å². The van der Waals surface area contributed by atoms with Gasteiger partial charge < -0.3 is 9.88 Å². The Kier molecular flexibility index (Phi) is 2.06. The molecule has 0 radical (unpaired) electrons. The summed E-state index contributed by atoms with van der Waals surface area (Å²) in [5.41, 5.74) is 4.48. The standard InChI is InChI=1S/C15H18N2/c1-2-12-8-11(10-16-14-3-4-14)9-13-5-7-17(6-1)15(12)13/h5,7-9,14,16H,1-4,6,10H2. The highest BCUT2D eigenvalue weighted by molar-refractivity contribution is 5.84. The lowest BCUT2D eigenvalue weighted by Crippen LogP contribution is -2.16. The Morgan fingerprint density at radius 3 is 3.12 bits per heavy atom. The van der Waals surface area contributed by atoms with Crippen molar-refractivity contribution in [1.29, 1.82) is 0 Å². The van der Waals surface area contributed by atoms with Crippen LogP contribution in [0.5, 0.6) is 0 Å². The molecular formula is C15H18N2. The van der Waals surface area contributed by atoms with E-state index in [-0.39, 0.29) is 0 Å². The third kappa shape index (κ3) is 1.67. The van der Waals surface area contributed by atoms with Crippen LogP contribution in [0.2, 0.25) is 0 Å². The van der Waals surface area contributed by atoms with Crippen LogP contribution in [0.4, 0.5) is 0 Å². The van der Waals surface area contributed by atoms with Crippen LogP contribution in [0.25, 0.3) is 10.9 Å². The molecule has 0 bridgehead atoms. The molecular weight excluding hydrogens is 208 g/mol. The highest BCUT2D eigenvalue weighted by Gasteiger charge is 2.20. The average molecular weight is 226 g/mol. The van der Waals surface area contributed by atoms with E-state index in [1.165, 1.54) is 48.7 Å². The SMILES string of the molecule is c1c(CNC2CC2)cc2ccn3c2c1CCC3. The zero-order valence-electron chi connectivity index (χ0n) is 10.1. The molecule has 0 amide bonds. The molecule has 4 rings (SSSR count). The number of nitrogens with one attached hydrogen (secondary N) is 1. The highest BCUT2D eigenvalue weighted by atomic mass is 15.0. The van der Waals surface area contributed by atoms with E-state index in [0.717, 1.165) is 12.6 Å². The van der Waals surface area contributed by atoms with E-state index in [1.54, 1.807) is 5.56 Å². The summed E-state index contributed by atoms with van der Waals surface area (Å²) in [6, 6.07) is 7.83. The maximum atomic E-state index is 3.61. The second-order valence-corrected chi connectivity index (χ2v) is 5.46. The minimum atomic E-state index is 0.798. The van der Waals surface area contributed by atoms with Gasteiger partial charge in [0, 0.05) is 30.7 Å². The average Bonchev–Trinajstić information content (AvgIpc) is 3.10. The Morgan fingerprint density at radius 2 is 2.24 bits per heavy atom. The summed E-state index contributed by atoms with van der Waals surface area (Å²) in [5.74, 6) is 0. The van der Waals surface area contributed by atoms with Gasteiger partial charge in [0.25, 0.3) is 0 Å². The van der Waals surface area contributed by atoms with Gasteiger partial charge in [0.1, 0.15) is 0 Å². The smallest absolute Gasteiger partial charge is 0.0513 e. The lowest BCUT2D eigenvalue weighted by atomic mass is 10.0. The fourth-order valence-corrected chi connectivity index (χ4v) is 2.98. The van der Waals surface area contributed by atoms with E-state index in [4.69, 9.17) is 0 Å². The van der Waals surface area contributed by atoms with Gasteiger partial charge in [0.2, 0.25) is 0 Å². The van der Waals surface area contributed by atoms with E-state index in [9.17, 15) is 0 Å². The van der Waals surface area contributed by atoms with E-state index >= 15 is 0 Å². The summed E-state index contributed by atoms with van der Waals surface area (Å²) in [5, 5.41) is 5.03. The minimum absolute atomic E-state index is 0.798. The number of aromatic nitrogens is 1. The van der Waals surface area contributed by atoms with E-state index < -0.39 is 0 Å². The third-order valence-corrected chi connectivity index (χ3v) is 4.02. The molecule has 1 aromatic heterocycles. The molecule has 2 nitrogen and oxygen atoms in total. The summed E-state index contributed by atoms with van der Waals surface area (Å²) in [4.78, 5) is 0. The zero-order valence-corrected chi connectivity index (χ0v) is 10.1. The molecule has 1 aromatic carbocycles. The maximum absolute atomic E-state index is 3.61. The van der Waals surface area contributed by atoms with Crippen molar-refractivity contribution in [2.24, 2.45) is 0 Å². The minimum Gasteiger partial charge on any atom is -0.347 e. The first-order valence-electron chi connectivity index (χ1n) is 6.74. The van der Waals surface area contributed by atoms with Crippen molar-refractivity contribution in [2.45, 2.75) is 44.8 Å². The van der Waals surface area contributed by atoms with Crippen molar-refractivity contribution < 1.29 is 0 Å². The molecule has 1 N–H and O–H groups in total. The number of benzene rings is 1. The molecule has 1 fully saturated rings. The predicted octanol–water partition coefficient (Wildman–Crippen LogP) is 2.84. The summed E-state index contributed by atoms with van der Waals surface area (Å²) < 4.78 is 2.41. The molecule has 2 heterocycles. The van der Waals surface area contributed by atoms with Gasteiger partial charge in [0.15, 0.2) is 0 Å². The monoisotopic (exact) mass is 226 g/mol. The van der Waals surface area contributed by atoms with Gasteiger partial charge in [0.05, 0.1) is 5.52 Å². The maximum Gasteiger partial charge on any atom is 0.0513 e. The van der Waals surface area contributed by atoms with Crippen molar-refractivity contribution in [1.82, 2.24) is 9.88 Å². The molecule has 2 aliphatic rings. The summed E-state index contributed by atoms with van der Waals surface area (Å²) in [7, 11) is 0. The zero-order chi connectivity index (χ0) is 11.2. The van der Waals surface area contributed by atoms with Crippen LogP contribution >= 0.6 is 0 Å². The van der Waals surface area contributed by atoms with Crippen molar-refractivity contribution in [3.8, 4) is 0 Å². The van der Waals surface area contributed by atoms with Crippen LogP contribution in [0.15, 0.2) is 24.4 Å². The van der Waals surface area contributed by atoms with Crippen LogP contribution in [-0.4, -0.2) is 10.6 Å². The Balaban J connectivity index is 1.73. The van der Waals surface area contributed by atoms with E-state index in [0.29, 0.717) is 0 Å². The number of hydrogen-bond acceptors (Lipinski definition) is 1. The first-order valence-corrected chi connectivity index (χ1v) is 6.74. The van der Waals surface area contributed by atoms with Gasteiger partial charge in [-0.1, -0.05) is 6.07 Å². The van der Waals surface area contributed by atoms with Crippen LogP contribution in [0.1, 0.15) is 30.4 Å². The van der Waals surface area contributed by atoms with Gasteiger partial charge in [-0.05, 0) is 48.9 Å². The molecule has 0 saturated heterocycles. The molecule has 88 valence electrons. The van der Waals surface area contributed by atoms with Gasteiger partial charge in [-0.3, -0.25) is 0 Å². The number of aryl methyl sites for hydroxylation is 2. The Hall–Kier alpha value is -1.28. The topological polar surface area (TPSA) is 17.0 Å². The summed E-state index contributed by atoms with van der Waals surface area (Å²) in [6.45, 7) is 2.23. The second kappa shape index (κ2) is 3.61. The Labute approximate surface area is 102 Å². The molecule has 0 atom stereocenters. The molecule has 2 aromatic rings. The Bertz CT molecular complexity index is 564. The van der Waals surface area contributed by atoms with Gasteiger partial charge in [-0.15, -0.1) is 0 Å². The van der Waals surface area contributed by atoms with Crippen LogP contribution in [-0.2, 0) is 19.5 Å². The first-order chi connectivity index (χ1) is 8.40. The normalized spacial score (nSPS) is 18.8. The Morgan fingerprint density at radius 1 is 1.29 bits per heavy atom. The van der Waals surface area contributed by atoms with Gasteiger partial charge in [-0.2, -0.15) is 0 Å². The van der Waals surface area contributed by atoms with Crippen LogP contribution in [0.3, 0.4) is 0 Å². The molecule has 0 unspecified atom stereocenters. The summed E-state index contributed by atoms with van der Waals surface area (Å²) >= 11 is 0. The fourth-order valence-electron chi connectivity index (χ4n) is 2.98.